The van der Waals surface area contributed by atoms with E-state index in [1.807, 2.05) is 31.7 Å². The van der Waals surface area contributed by atoms with Crippen molar-refractivity contribution in [3.8, 4) is 0 Å². The molecule has 0 aliphatic heterocycles. The molecule has 2 aromatic heterocycles. The second-order valence-corrected chi connectivity index (χ2v) is 4.08. The smallest absolute Gasteiger partial charge is 0.0857 e. The van der Waals surface area contributed by atoms with E-state index in [1.54, 1.807) is 16.0 Å². The Morgan fingerprint density at radius 3 is 2.86 bits per heavy atom. The van der Waals surface area contributed by atoms with Crippen molar-refractivity contribution in [3.05, 3.63) is 34.0 Å². The molecule has 14 heavy (non-hydrogen) atoms. The lowest BCUT2D eigenvalue weighted by Gasteiger charge is -2.06. The molecule has 0 spiro atoms. The standard InChI is InChI=1S/C9H12N4S/c1-6-9(14-5-11-6)8(10)7-3-4-13(2)12-7/h3-5,8H,10H2,1-2H3. The third-order valence-electron chi connectivity index (χ3n) is 2.12. The summed E-state index contributed by atoms with van der Waals surface area (Å²) in [5, 5.41) is 4.28. The Labute approximate surface area is 86.4 Å². The van der Waals surface area contributed by atoms with Gasteiger partial charge in [-0.3, -0.25) is 4.68 Å². The highest BCUT2D eigenvalue weighted by molar-refractivity contribution is 7.09. The number of nitrogens with two attached hydrogens (primary N) is 1. The second kappa shape index (κ2) is 3.51. The van der Waals surface area contributed by atoms with E-state index in [-0.39, 0.29) is 6.04 Å². The van der Waals surface area contributed by atoms with Crippen LogP contribution < -0.4 is 5.73 Å². The topological polar surface area (TPSA) is 56.7 Å². The molecule has 2 heterocycles. The third-order valence-corrected chi connectivity index (χ3v) is 3.13. The van der Waals surface area contributed by atoms with Crippen LogP contribution in [0.4, 0.5) is 0 Å². The minimum Gasteiger partial charge on any atom is -0.318 e. The molecule has 0 aromatic carbocycles. The van der Waals surface area contributed by atoms with E-state index in [2.05, 4.69) is 10.1 Å². The molecule has 2 N–H and O–H groups in total. The van der Waals surface area contributed by atoms with E-state index >= 15 is 0 Å². The highest BCUT2D eigenvalue weighted by Gasteiger charge is 2.15. The van der Waals surface area contributed by atoms with Gasteiger partial charge in [0.05, 0.1) is 27.8 Å². The number of aryl methyl sites for hydroxylation is 2. The Bertz CT molecular complexity index is 431. The second-order valence-electron chi connectivity index (χ2n) is 3.19. The molecule has 1 atom stereocenters. The van der Waals surface area contributed by atoms with Gasteiger partial charge in [0.2, 0.25) is 0 Å². The third kappa shape index (κ3) is 1.56. The largest absolute Gasteiger partial charge is 0.318 e. The summed E-state index contributed by atoms with van der Waals surface area (Å²) < 4.78 is 1.76. The summed E-state index contributed by atoms with van der Waals surface area (Å²) in [6.07, 6.45) is 1.89. The van der Waals surface area contributed by atoms with Crippen molar-refractivity contribution in [2.75, 3.05) is 0 Å². The summed E-state index contributed by atoms with van der Waals surface area (Å²) in [5.74, 6) is 0. The molecule has 0 amide bonds. The van der Waals surface area contributed by atoms with Gasteiger partial charge in [-0.15, -0.1) is 11.3 Å². The predicted octanol–water partition coefficient (Wildman–Crippen LogP) is 1.23. The minimum atomic E-state index is -0.149. The normalized spacial score (nSPS) is 13.1. The van der Waals surface area contributed by atoms with Gasteiger partial charge in [-0.2, -0.15) is 5.10 Å². The molecule has 0 saturated heterocycles. The summed E-state index contributed by atoms with van der Waals surface area (Å²) in [6.45, 7) is 1.97. The Morgan fingerprint density at radius 1 is 1.57 bits per heavy atom. The maximum absolute atomic E-state index is 6.07. The van der Waals surface area contributed by atoms with Gasteiger partial charge in [-0.05, 0) is 13.0 Å². The molecule has 5 heteroatoms. The Kier molecular flexibility index (Phi) is 2.35. The molecule has 4 nitrogen and oxygen atoms in total. The first-order valence-corrected chi connectivity index (χ1v) is 5.21. The minimum absolute atomic E-state index is 0.149. The Morgan fingerprint density at radius 2 is 2.36 bits per heavy atom. The molecular weight excluding hydrogens is 196 g/mol. The van der Waals surface area contributed by atoms with Crippen LogP contribution in [0.15, 0.2) is 17.8 Å². The van der Waals surface area contributed by atoms with E-state index in [1.165, 1.54) is 0 Å². The van der Waals surface area contributed by atoms with Crippen molar-refractivity contribution in [2.45, 2.75) is 13.0 Å². The van der Waals surface area contributed by atoms with Gasteiger partial charge in [-0.1, -0.05) is 0 Å². The fourth-order valence-corrected chi connectivity index (χ4v) is 2.16. The number of hydrogen-bond donors (Lipinski definition) is 1. The Balaban J connectivity index is 2.33. The molecule has 1 unspecified atom stereocenters. The van der Waals surface area contributed by atoms with Crippen LogP contribution in [0, 0.1) is 6.92 Å². The summed E-state index contributed by atoms with van der Waals surface area (Å²) in [6, 6.07) is 1.78. The highest BCUT2D eigenvalue weighted by atomic mass is 32.1. The summed E-state index contributed by atoms with van der Waals surface area (Å²) >= 11 is 1.58. The lowest BCUT2D eigenvalue weighted by Crippen LogP contribution is -2.12. The monoisotopic (exact) mass is 208 g/mol. The van der Waals surface area contributed by atoms with E-state index in [9.17, 15) is 0 Å². The van der Waals surface area contributed by atoms with Gasteiger partial charge >= 0.3 is 0 Å². The molecule has 0 aliphatic rings. The summed E-state index contributed by atoms with van der Waals surface area (Å²) in [5.41, 5.74) is 9.76. The molecule has 2 aromatic rings. The van der Waals surface area contributed by atoms with Gasteiger partial charge < -0.3 is 5.73 Å². The summed E-state index contributed by atoms with van der Waals surface area (Å²) in [4.78, 5) is 5.26. The zero-order valence-corrected chi connectivity index (χ0v) is 8.95. The van der Waals surface area contributed by atoms with E-state index in [4.69, 9.17) is 5.73 Å². The quantitative estimate of drug-likeness (QED) is 0.807. The van der Waals surface area contributed by atoms with Crippen LogP contribution in [-0.4, -0.2) is 14.8 Å². The van der Waals surface area contributed by atoms with E-state index in [0.29, 0.717) is 0 Å². The van der Waals surface area contributed by atoms with Gasteiger partial charge in [0.25, 0.3) is 0 Å². The van der Waals surface area contributed by atoms with Crippen LogP contribution >= 0.6 is 11.3 Å². The van der Waals surface area contributed by atoms with Crippen molar-refractivity contribution in [2.24, 2.45) is 12.8 Å². The molecule has 0 radical (unpaired) electrons. The van der Waals surface area contributed by atoms with Crippen LogP contribution in [0.2, 0.25) is 0 Å². The van der Waals surface area contributed by atoms with Crippen LogP contribution in [0.3, 0.4) is 0 Å². The lowest BCUT2D eigenvalue weighted by atomic mass is 10.1. The Hall–Kier alpha value is -1.20. The van der Waals surface area contributed by atoms with Crippen molar-refractivity contribution < 1.29 is 0 Å². The van der Waals surface area contributed by atoms with Gasteiger partial charge in [0.15, 0.2) is 0 Å². The van der Waals surface area contributed by atoms with E-state index < -0.39 is 0 Å². The van der Waals surface area contributed by atoms with Gasteiger partial charge in [-0.25, -0.2) is 4.98 Å². The zero-order chi connectivity index (χ0) is 10.1. The molecule has 0 fully saturated rings. The zero-order valence-electron chi connectivity index (χ0n) is 8.14. The maximum Gasteiger partial charge on any atom is 0.0857 e. The maximum atomic E-state index is 6.07. The number of aromatic nitrogens is 3. The molecule has 2 rings (SSSR count). The number of rotatable bonds is 2. The SMILES string of the molecule is Cc1ncsc1C(N)c1ccn(C)n1. The first kappa shape index (κ1) is 9.36. The van der Waals surface area contributed by atoms with Crippen LogP contribution in [0.1, 0.15) is 22.3 Å². The van der Waals surface area contributed by atoms with Gasteiger partial charge in [0, 0.05) is 13.2 Å². The molecule has 74 valence electrons. The first-order valence-electron chi connectivity index (χ1n) is 4.33. The first-order chi connectivity index (χ1) is 6.68. The molecule has 0 bridgehead atoms. The number of thiazole rings is 1. The number of hydrogen-bond acceptors (Lipinski definition) is 4. The average molecular weight is 208 g/mol. The van der Waals surface area contributed by atoms with E-state index in [0.717, 1.165) is 16.3 Å². The number of nitrogens with zero attached hydrogens (tertiary/aromatic N) is 3. The predicted molar refractivity (Wildman–Crippen MR) is 56.1 cm³/mol. The molecular formula is C9H12N4S. The van der Waals surface area contributed by atoms with Crippen molar-refractivity contribution in [1.29, 1.82) is 0 Å². The van der Waals surface area contributed by atoms with Crippen LogP contribution in [-0.2, 0) is 7.05 Å². The summed E-state index contributed by atoms with van der Waals surface area (Å²) in [7, 11) is 1.88. The lowest BCUT2D eigenvalue weighted by molar-refractivity contribution is 0.718. The fourth-order valence-electron chi connectivity index (χ4n) is 1.34. The van der Waals surface area contributed by atoms with Gasteiger partial charge in [0.1, 0.15) is 0 Å². The van der Waals surface area contributed by atoms with Crippen LogP contribution in [0.25, 0.3) is 0 Å². The molecule has 0 saturated carbocycles. The fraction of sp³-hybridized carbons (Fsp3) is 0.333. The van der Waals surface area contributed by atoms with Crippen LogP contribution in [0.5, 0.6) is 0 Å². The average Bonchev–Trinajstić information content (AvgIpc) is 2.73. The van der Waals surface area contributed by atoms with Crippen molar-refractivity contribution >= 4 is 11.3 Å². The van der Waals surface area contributed by atoms with Crippen molar-refractivity contribution in [3.63, 3.8) is 0 Å². The van der Waals surface area contributed by atoms with Crippen molar-refractivity contribution in [1.82, 2.24) is 14.8 Å². The highest BCUT2D eigenvalue weighted by Crippen LogP contribution is 2.24. The molecule has 0 aliphatic carbocycles.